The third-order valence-corrected chi connectivity index (χ3v) is 4.84. The number of carbonyl (C=O) groups is 2. The summed E-state index contributed by atoms with van der Waals surface area (Å²) in [5.41, 5.74) is 1.46. The number of amides is 2. The first-order chi connectivity index (χ1) is 14.1. The lowest BCUT2D eigenvalue weighted by molar-refractivity contribution is 0.0745. The Bertz CT molecular complexity index is 996. The van der Waals surface area contributed by atoms with E-state index in [4.69, 9.17) is 4.42 Å². The maximum atomic E-state index is 13.1. The molecule has 3 aromatic rings. The molecule has 0 radical (unpaired) electrons. The Labute approximate surface area is 167 Å². The van der Waals surface area contributed by atoms with E-state index in [0.717, 1.165) is 17.7 Å². The SMILES string of the molecule is O=C(NCCc1ccco1)c1cc2n(n1)CCCN(Cc1ccc(F)cc1)C2=O. The molecule has 1 aromatic carbocycles. The zero-order valence-corrected chi connectivity index (χ0v) is 15.8. The highest BCUT2D eigenvalue weighted by Gasteiger charge is 2.26. The van der Waals surface area contributed by atoms with Crippen LogP contribution in [0.4, 0.5) is 4.39 Å². The number of furan rings is 1. The first kappa shape index (κ1) is 18.9. The largest absolute Gasteiger partial charge is 0.469 e. The Morgan fingerprint density at radius 1 is 1.21 bits per heavy atom. The number of benzene rings is 1. The van der Waals surface area contributed by atoms with Crippen LogP contribution in [0.3, 0.4) is 0 Å². The number of carbonyl (C=O) groups excluding carboxylic acids is 2. The minimum atomic E-state index is -0.324. The van der Waals surface area contributed by atoms with Gasteiger partial charge >= 0.3 is 0 Å². The standard InChI is InChI=1S/C21H21FN4O3/c22-16-6-4-15(5-7-16)14-25-10-2-11-26-19(21(25)28)13-18(24-26)20(27)23-9-8-17-3-1-12-29-17/h1,3-7,12-13H,2,8-11,14H2,(H,23,27). The number of rotatable bonds is 6. The maximum absolute atomic E-state index is 13.1. The van der Waals surface area contributed by atoms with Gasteiger partial charge < -0.3 is 14.6 Å². The van der Waals surface area contributed by atoms with Gasteiger partial charge in [-0.1, -0.05) is 12.1 Å². The zero-order valence-electron chi connectivity index (χ0n) is 15.8. The van der Waals surface area contributed by atoms with Crippen molar-refractivity contribution in [3.63, 3.8) is 0 Å². The molecule has 150 valence electrons. The molecule has 0 atom stereocenters. The molecule has 0 saturated heterocycles. The van der Waals surface area contributed by atoms with E-state index in [-0.39, 0.29) is 23.3 Å². The number of halogens is 1. The molecule has 1 aliphatic rings. The van der Waals surface area contributed by atoms with Gasteiger partial charge in [-0.15, -0.1) is 0 Å². The van der Waals surface area contributed by atoms with Crippen molar-refractivity contribution in [1.82, 2.24) is 20.0 Å². The topological polar surface area (TPSA) is 80.4 Å². The quantitative estimate of drug-likeness (QED) is 0.695. The minimum absolute atomic E-state index is 0.186. The fourth-order valence-electron chi connectivity index (χ4n) is 3.35. The minimum Gasteiger partial charge on any atom is -0.469 e. The van der Waals surface area contributed by atoms with Gasteiger partial charge in [0.15, 0.2) is 5.69 Å². The van der Waals surface area contributed by atoms with E-state index in [1.807, 2.05) is 6.07 Å². The molecule has 0 spiro atoms. The van der Waals surface area contributed by atoms with Crippen LogP contribution in [0.5, 0.6) is 0 Å². The molecule has 0 fully saturated rings. The summed E-state index contributed by atoms with van der Waals surface area (Å²) in [6.07, 6.45) is 2.89. The second-order valence-electron chi connectivity index (χ2n) is 6.93. The number of fused-ring (bicyclic) bond motifs is 1. The van der Waals surface area contributed by atoms with Gasteiger partial charge in [-0.2, -0.15) is 5.10 Å². The van der Waals surface area contributed by atoms with E-state index in [1.165, 1.54) is 18.2 Å². The van der Waals surface area contributed by atoms with Crippen LogP contribution in [0.15, 0.2) is 53.1 Å². The van der Waals surface area contributed by atoms with E-state index in [9.17, 15) is 14.0 Å². The first-order valence-electron chi connectivity index (χ1n) is 9.52. The number of aromatic nitrogens is 2. The summed E-state index contributed by atoms with van der Waals surface area (Å²) in [5, 5.41) is 7.11. The van der Waals surface area contributed by atoms with Crippen molar-refractivity contribution in [2.45, 2.75) is 25.9 Å². The molecule has 0 bridgehead atoms. The van der Waals surface area contributed by atoms with Gasteiger partial charge in [-0.25, -0.2) is 4.39 Å². The molecule has 2 aromatic heterocycles. The Morgan fingerprint density at radius 2 is 2.03 bits per heavy atom. The van der Waals surface area contributed by atoms with Gasteiger partial charge in [0.25, 0.3) is 11.8 Å². The molecule has 7 nitrogen and oxygen atoms in total. The van der Waals surface area contributed by atoms with Crippen LogP contribution in [0.25, 0.3) is 0 Å². The molecule has 8 heteroatoms. The van der Waals surface area contributed by atoms with Gasteiger partial charge in [-0.3, -0.25) is 14.3 Å². The lowest BCUT2D eigenvalue weighted by Gasteiger charge is -2.20. The fraction of sp³-hybridized carbons (Fsp3) is 0.286. The molecule has 0 saturated carbocycles. The molecular weight excluding hydrogens is 375 g/mol. The summed E-state index contributed by atoms with van der Waals surface area (Å²) in [5.74, 6) is -0.0294. The zero-order chi connectivity index (χ0) is 20.2. The molecule has 0 aliphatic carbocycles. The van der Waals surface area contributed by atoms with Crippen LogP contribution in [0, 0.1) is 5.82 Å². The second kappa shape index (κ2) is 8.30. The molecule has 4 rings (SSSR count). The highest BCUT2D eigenvalue weighted by molar-refractivity contribution is 5.98. The van der Waals surface area contributed by atoms with E-state index in [2.05, 4.69) is 10.4 Å². The number of hydrogen-bond donors (Lipinski definition) is 1. The van der Waals surface area contributed by atoms with Crippen molar-refractivity contribution in [3.8, 4) is 0 Å². The van der Waals surface area contributed by atoms with Crippen LogP contribution >= 0.6 is 0 Å². The third kappa shape index (κ3) is 4.37. The number of hydrogen-bond acceptors (Lipinski definition) is 4. The van der Waals surface area contributed by atoms with Crippen LogP contribution in [-0.4, -0.2) is 39.6 Å². The Morgan fingerprint density at radius 3 is 2.79 bits per heavy atom. The molecule has 29 heavy (non-hydrogen) atoms. The second-order valence-corrected chi connectivity index (χ2v) is 6.93. The molecule has 0 unspecified atom stereocenters. The van der Waals surface area contributed by atoms with Crippen molar-refractivity contribution in [2.75, 3.05) is 13.1 Å². The third-order valence-electron chi connectivity index (χ3n) is 4.84. The highest BCUT2D eigenvalue weighted by Crippen LogP contribution is 2.17. The van der Waals surface area contributed by atoms with Crippen LogP contribution in [0.1, 0.15) is 38.7 Å². The lowest BCUT2D eigenvalue weighted by Crippen LogP contribution is -2.30. The van der Waals surface area contributed by atoms with Gasteiger partial charge in [0.1, 0.15) is 17.3 Å². The van der Waals surface area contributed by atoms with Crippen molar-refractivity contribution < 1.29 is 18.4 Å². The molecular formula is C21H21FN4O3. The van der Waals surface area contributed by atoms with Crippen molar-refractivity contribution >= 4 is 11.8 Å². The smallest absolute Gasteiger partial charge is 0.272 e. The summed E-state index contributed by atoms with van der Waals surface area (Å²) in [6, 6.07) is 11.3. The number of nitrogens with one attached hydrogen (secondary N) is 1. The number of nitrogens with zero attached hydrogens (tertiary/aromatic N) is 3. The van der Waals surface area contributed by atoms with E-state index in [1.54, 1.807) is 34.0 Å². The fourth-order valence-corrected chi connectivity index (χ4v) is 3.35. The Hall–Kier alpha value is -3.42. The monoisotopic (exact) mass is 396 g/mol. The summed E-state index contributed by atoms with van der Waals surface area (Å²) < 4.78 is 19.9. The van der Waals surface area contributed by atoms with E-state index >= 15 is 0 Å². The van der Waals surface area contributed by atoms with E-state index < -0.39 is 0 Å². The van der Waals surface area contributed by atoms with Gasteiger partial charge in [-0.05, 0) is 36.2 Å². The predicted molar refractivity (Wildman–Crippen MR) is 103 cm³/mol. The average Bonchev–Trinajstić information content (AvgIpc) is 3.36. The van der Waals surface area contributed by atoms with Crippen LogP contribution in [0.2, 0.25) is 0 Å². The molecule has 1 aliphatic heterocycles. The van der Waals surface area contributed by atoms with Crippen molar-refractivity contribution in [3.05, 3.63) is 77.3 Å². The van der Waals surface area contributed by atoms with Crippen LogP contribution < -0.4 is 5.32 Å². The van der Waals surface area contributed by atoms with Crippen molar-refractivity contribution in [1.29, 1.82) is 0 Å². The number of aryl methyl sites for hydroxylation is 1. The summed E-state index contributed by atoms with van der Waals surface area (Å²) in [4.78, 5) is 27.1. The van der Waals surface area contributed by atoms with Gasteiger partial charge in [0, 0.05) is 38.7 Å². The van der Waals surface area contributed by atoms with Crippen LogP contribution in [-0.2, 0) is 19.5 Å². The highest BCUT2D eigenvalue weighted by atomic mass is 19.1. The first-order valence-corrected chi connectivity index (χ1v) is 9.52. The molecule has 3 heterocycles. The Balaban J connectivity index is 1.43. The normalized spacial score (nSPS) is 13.8. The Kier molecular flexibility index (Phi) is 5.41. The summed E-state index contributed by atoms with van der Waals surface area (Å²) >= 11 is 0. The predicted octanol–water partition coefficient (Wildman–Crippen LogP) is 2.63. The summed E-state index contributed by atoms with van der Waals surface area (Å²) in [7, 11) is 0. The van der Waals surface area contributed by atoms with Gasteiger partial charge in [0.05, 0.1) is 6.26 Å². The molecule has 2 amide bonds. The maximum Gasteiger partial charge on any atom is 0.272 e. The van der Waals surface area contributed by atoms with Crippen molar-refractivity contribution in [2.24, 2.45) is 0 Å². The van der Waals surface area contributed by atoms with Gasteiger partial charge in [0.2, 0.25) is 0 Å². The van der Waals surface area contributed by atoms with E-state index in [0.29, 0.717) is 38.3 Å². The molecule has 1 N–H and O–H groups in total. The lowest BCUT2D eigenvalue weighted by atomic mass is 10.2. The summed E-state index contributed by atoms with van der Waals surface area (Å²) in [6.45, 7) is 1.93. The average molecular weight is 396 g/mol.